The Balaban J connectivity index is 0.00000147. The second kappa shape index (κ2) is 5.93. The molecular weight excluding hydrogens is 316 g/mol. The van der Waals surface area contributed by atoms with Crippen molar-refractivity contribution < 1.29 is 8.42 Å². The monoisotopic (exact) mass is 336 g/mol. The molecule has 3 rings (SSSR count). The third-order valence-electron chi connectivity index (χ3n) is 4.46. The first-order valence-electron chi connectivity index (χ1n) is 6.87. The molecule has 0 radical (unpaired) electrons. The van der Waals surface area contributed by atoms with Gasteiger partial charge in [-0.1, -0.05) is 6.92 Å². The van der Waals surface area contributed by atoms with E-state index in [2.05, 4.69) is 0 Å². The van der Waals surface area contributed by atoms with Crippen molar-refractivity contribution in [2.45, 2.75) is 36.4 Å². The molecule has 114 valence electrons. The van der Waals surface area contributed by atoms with E-state index in [4.69, 9.17) is 5.73 Å². The molecule has 0 bridgehead atoms. The Morgan fingerprint density at radius 3 is 2.70 bits per heavy atom. The molecule has 20 heavy (non-hydrogen) atoms. The van der Waals surface area contributed by atoms with Gasteiger partial charge in [0.05, 0.1) is 0 Å². The van der Waals surface area contributed by atoms with Crippen LogP contribution in [0.1, 0.15) is 24.6 Å². The molecule has 1 aromatic rings. The Labute approximate surface area is 130 Å². The average Bonchev–Trinajstić information content (AvgIpc) is 3.06. The molecule has 0 amide bonds. The van der Waals surface area contributed by atoms with Crippen molar-refractivity contribution >= 4 is 33.8 Å². The third-order valence-corrected chi connectivity index (χ3v) is 7.99. The Bertz CT molecular complexity index is 573. The number of fused-ring (bicyclic) bond motifs is 1. The molecule has 4 nitrogen and oxygen atoms in total. The highest BCUT2D eigenvalue weighted by Crippen LogP contribution is 2.40. The van der Waals surface area contributed by atoms with Crippen molar-refractivity contribution in [1.29, 1.82) is 0 Å². The fourth-order valence-electron chi connectivity index (χ4n) is 3.28. The average molecular weight is 337 g/mol. The lowest BCUT2D eigenvalue weighted by atomic mass is 9.98. The van der Waals surface area contributed by atoms with Gasteiger partial charge in [0.2, 0.25) is 0 Å². The van der Waals surface area contributed by atoms with Crippen LogP contribution in [-0.4, -0.2) is 31.9 Å². The fraction of sp³-hybridized carbons (Fsp3) is 0.692. The SMILES string of the molecule is CCc1ccc(S(=O)(=O)N2CC3CCC(N)C3C2)s1.Cl. The van der Waals surface area contributed by atoms with Crippen LogP contribution in [-0.2, 0) is 16.4 Å². The van der Waals surface area contributed by atoms with E-state index in [1.807, 2.05) is 13.0 Å². The highest BCUT2D eigenvalue weighted by Gasteiger charge is 2.45. The van der Waals surface area contributed by atoms with Crippen LogP contribution in [0.2, 0.25) is 0 Å². The molecule has 1 saturated heterocycles. The first kappa shape index (κ1) is 16.2. The molecule has 3 atom stereocenters. The predicted octanol–water partition coefficient (Wildman–Crippen LogP) is 2.09. The third kappa shape index (κ3) is 2.64. The van der Waals surface area contributed by atoms with Gasteiger partial charge >= 0.3 is 0 Å². The summed E-state index contributed by atoms with van der Waals surface area (Å²) >= 11 is 1.39. The van der Waals surface area contributed by atoms with Gasteiger partial charge < -0.3 is 5.73 Å². The quantitative estimate of drug-likeness (QED) is 0.919. The smallest absolute Gasteiger partial charge is 0.252 e. The summed E-state index contributed by atoms with van der Waals surface area (Å²) in [5, 5.41) is 0. The van der Waals surface area contributed by atoms with E-state index >= 15 is 0 Å². The van der Waals surface area contributed by atoms with Crippen LogP contribution < -0.4 is 5.73 Å². The lowest BCUT2D eigenvalue weighted by Crippen LogP contribution is -2.33. The summed E-state index contributed by atoms with van der Waals surface area (Å²) in [6.07, 6.45) is 3.00. The first-order chi connectivity index (χ1) is 9.02. The van der Waals surface area contributed by atoms with Crippen LogP contribution >= 0.6 is 23.7 Å². The summed E-state index contributed by atoms with van der Waals surface area (Å²) in [6, 6.07) is 3.84. The van der Waals surface area contributed by atoms with Crippen LogP contribution in [0.25, 0.3) is 0 Å². The number of halogens is 1. The maximum Gasteiger partial charge on any atom is 0.252 e. The number of thiophene rings is 1. The maximum atomic E-state index is 12.6. The molecule has 0 aromatic carbocycles. The van der Waals surface area contributed by atoms with Gasteiger partial charge in [-0.05, 0) is 43.2 Å². The van der Waals surface area contributed by atoms with Crippen LogP contribution in [0.4, 0.5) is 0 Å². The van der Waals surface area contributed by atoms with Crippen molar-refractivity contribution in [2.24, 2.45) is 17.6 Å². The molecule has 0 spiro atoms. The van der Waals surface area contributed by atoms with Gasteiger partial charge in [0.1, 0.15) is 4.21 Å². The van der Waals surface area contributed by atoms with Crippen molar-refractivity contribution in [3.05, 3.63) is 17.0 Å². The Morgan fingerprint density at radius 2 is 2.10 bits per heavy atom. The lowest BCUT2D eigenvalue weighted by molar-refractivity contribution is 0.428. The Hall–Kier alpha value is -0.140. The van der Waals surface area contributed by atoms with Gasteiger partial charge in [-0.2, -0.15) is 4.31 Å². The molecule has 1 aliphatic carbocycles. The number of nitrogens with zero attached hydrogens (tertiary/aromatic N) is 1. The van der Waals surface area contributed by atoms with Crippen LogP contribution in [0.5, 0.6) is 0 Å². The highest BCUT2D eigenvalue weighted by atomic mass is 35.5. The number of aryl methyl sites for hydroxylation is 1. The standard InChI is InChI=1S/C13H20N2O2S2.ClH/c1-2-10-4-6-13(18-10)19(16,17)15-7-9-3-5-12(14)11(9)8-15;/h4,6,9,11-12H,2-3,5,7-8,14H2,1H3;1H. The van der Waals surface area contributed by atoms with Crippen LogP contribution in [0, 0.1) is 11.8 Å². The van der Waals surface area contributed by atoms with E-state index in [1.165, 1.54) is 11.3 Å². The number of sulfonamides is 1. The number of hydrogen-bond acceptors (Lipinski definition) is 4. The second-order valence-corrected chi connectivity index (χ2v) is 8.89. The zero-order chi connectivity index (χ0) is 13.6. The van der Waals surface area contributed by atoms with E-state index in [-0.39, 0.29) is 18.4 Å². The van der Waals surface area contributed by atoms with Gasteiger partial charge in [-0.3, -0.25) is 0 Å². The van der Waals surface area contributed by atoms with Crippen LogP contribution in [0.15, 0.2) is 16.3 Å². The molecule has 2 aliphatic rings. The molecule has 7 heteroatoms. The molecular formula is C13H21ClN2O2S2. The molecule has 1 aliphatic heterocycles. The summed E-state index contributed by atoms with van der Waals surface area (Å²) in [4.78, 5) is 1.12. The largest absolute Gasteiger partial charge is 0.327 e. The molecule has 1 saturated carbocycles. The van der Waals surface area contributed by atoms with E-state index in [0.717, 1.165) is 24.1 Å². The van der Waals surface area contributed by atoms with E-state index in [9.17, 15) is 8.42 Å². The first-order valence-corrected chi connectivity index (χ1v) is 9.12. The number of hydrogen-bond donors (Lipinski definition) is 1. The Kier molecular flexibility index (Phi) is 4.81. The molecule has 2 fully saturated rings. The number of nitrogens with two attached hydrogens (primary N) is 1. The van der Waals surface area contributed by atoms with Crippen LogP contribution in [0.3, 0.4) is 0 Å². The summed E-state index contributed by atoms with van der Waals surface area (Å²) in [5.74, 6) is 0.829. The highest BCUT2D eigenvalue weighted by molar-refractivity contribution is 7.91. The van der Waals surface area contributed by atoms with Gasteiger partial charge in [0.15, 0.2) is 0 Å². The predicted molar refractivity (Wildman–Crippen MR) is 83.9 cm³/mol. The zero-order valence-electron chi connectivity index (χ0n) is 11.5. The lowest BCUT2D eigenvalue weighted by Gasteiger charge is -2.17. The van der Waals surface area contributed by atoms with Crippen molar-refractivity contribution in [1.82, 2.24) is 4.31 Å². The van der Waals surface area contributed by atoms with Crippen molar-refractivity contribution in [3.63, 3.8) is 0 Å². The van der Waals surface area contributed by atoms with Gasteiger partial charge in [0.25, 0.3) is 10.0 Å². The van der Waals surface area contributed by atoms with Gasteiger partial charge in [0, 0.05) is 24.0 Å². The number of rotatable bonds is 3. The second-order valence-electron chi connectivity index (χ2n) is 5.56. The summed E-state index contributed by atoms with van der Waals surface area (Å²) in [5.41, 5.74) is 6.07. The minimum Gasteiger partial charge on any atom is -0.327 e. The maximum absolute atomic E-state index is 12.6. The van der Waals surface area contributed by atoms with E-state index < -0.39 is 10.0 Å². The van der Waals surface area contributed by atoms with Gasteiger partial charge in [-0.25, -0.2) is 8.42 Å². The Morgan fingerprint density at radius 1 is 1.35 bits per heavy atom. The summed E-state index contributed by atoms with van der Waals surface area (Å²) in [6.45, 7) is 3.30. The van der Waals surface area contributed by atoms with Gasteiger partial charge in [-0.15, -0.1) is 23.7 Å². The summed E-state index contributed by atoms with van der Waals surface area (Å²) < 4.78 is 27.3. The minimum absolute atomic E-state index is 0. The molecule has 1 aromatic heterocycles. The molecule has 3 unspecified atom stereocenters. The van der Waals surface area contributed by atoms with Crippen molar-refractivity contribution in [3.8, 4) is 0 Å². The normalized spacial score (nSPS) is 30.2. The molecule has 2 heterocycles. The summed E-state index contributed by atoms with van der Waals surface area (Å²) in [7, 11) is -3.30. The minimum atomic E-state index is -3.30. The van der Waals surface area contributed by atoms with E-state index in [1.54, 1.807) is 10.4 Å². The molecule has 2 N–H and O–H groups in total. The topological polar surface area (TPSA) is 63.4 Å². The van der Waals surface area contributed by atoms with E-state index in [0.29, 0.717) is 29.1 Å². The zero-order valence-corrected chi connectivity index (χ0v) is 13.9. The van der Waals surface area contributed by atoms with Crippen molar-refractivity contribution in [2.75, 3.05) is 13.1 Å². The fourth-order valence-corrected chi connectivity index (χ4v) is 6.26.